The van der Waals surface area contributed by atoms with Gasteiger partial charge in [-0.1, -0.05) is 6.92 Å². The average Bonchev–Trinajstić information content (AvgIpc) is 2.83. The van der Waals surface area contributed by atoms with Crippen molar-refractivity contribution in [3.8, 4) is 0 Å². The van der Waals surface area contributed by atoms with Crippen molar-refractivity contribution < 1.29 is 0 Å². The van der Waals surface area contributed by atoms with Crippen LogP contribution in [-0.4, -0.2) is 6.54 Å². The van der Waals surface area contributed by atoms with E-state index in [4.69, 9.17) is 0 Å². The Morgan fingerprint density at radius 1 is 1.24 bits per heavy atom. The van der Waals surface area contributed by atoms with Crippen molar-refractivity contribution in [2.75, 3.05) is 6.54 Å². The Kier molecular flexibility index (Phi) is 4.83. The first-order valence-corrected chi connectivity index (χ1v) is 8.58. The van der Waals surface area contributed by atoms with Gasteiger partial charge in [0.05, 0.1) is 13.6 Å². The Bertz CT molecular complexity index is 485. The summed E-state index contributed by atoms with van der Waals surface area (Å²) in [6.45, 7) is 5.25. The van der Waals surface area contributed by atoms with Gasteiger partial charge in [0, 0.05) is 9.75 Å². The molecule has 0 saturated carbocycles. The third-order valence-corrected chi connectivity index (χ3v) is 6.34. The molecule has 2 heterocycles. The van der Waals surface area contributed by atoms with Crippen LogP contribution < -0.4 is 5.32 Å². The van der Waals surface area contributed by atoms with Crippen LogP contribution >= 0.6 is 54.5 Å². The molecule has 0 radical (unpaired) electrons. The molecule has 92 valence electrons. The lowest BCUT2D eigenvalue weighted by atomic mass is 10.2. The van der Waals surface area contributed by atoms with E-state index in [2.05, 4.69) is 69.2 Å². The van der Waals surface area contributed by atoms with E-state index in [0.29, 0.717) is 6.04 Å². The summed E-state index contributed by atoms with van der Waals surface area (Å²) in [7, 11) is 0. The Labute approximate surface area is 127 Å². The minimum Gasteiger partial charge on any atom is -0.305 e. The monoisotopic (exact) mass is 393 g/mol. The highest BCUT2D eigenvalue weighted by atomic mass is 79.9. The predicted octanol–water partition coefficient (Wildman–Crippen LogP) is 5.34. The molecule has 0 bridgehead atoms. The van der Waals surface area contributed by atoms with Crippen LogP contribution in [-0.2, 0) is 0 Å². The standard InChI is InChI=1S/C12H13Br2NS2/c1-3-15-11(8-4-5-10(13)16-8)9-6-7(2)12(14)17-9/h4-6,11,15H,3H2,1-2H3. The van der Waals surface area contributed by atoms with E-state index >= 15 is 0 Å². The molecule has 2 rings (SSSR count). The van der Waals surface area contributed by atoms with Gasteiger partial charge in [-0.25, -0.2) is 0 Å². The molecule has 1 atom stereocenters. The van der Waals surface area contributed by atoms with Gasteiger partial charge in [-0.15, -0.1) is 22.7 Å². The lowest BCUT2D eigenvalue weighted by Gasteiger charge is -2.14. The number of hydrogen-bond acceptors (Lipinski definition) is 3. The van der Waals surface area contributed by atoms with Crippen LogP contribution in [0.2, 0.25) is 0 Å². The molecule has 1 nitrogen and oxygen atoms in total. The Morgan fingerprint density at radius 2 is 2.00 bits per heavy atom. The number of hydrogen-bond donors (Lipinski definition) is 1. The third kappa shape index (κ3) is 3.20. The van der Waals surface area contributed by atoms with E-state index in [1.807, 2.05) is 11.3 Å². The van der Waals surface area contributed by atoms with Gasteiger partial charge >= 0.3 is 0 Å². The van der Waals surface area contributed by atoms with Crippen LogP contribution in [0.5, 0.6) is 0 Å². The smallest absolute Gasteiger partial charge is 0.0765 e. The summed E-state index contributed by atoms with van der Waals surface area (Å²) in [5, 5.41) is 3.55. The van der Waals surface area contributed by atoms with Crippen molar-refractivity contribution >= 4 is 54.5 Å². The number of nitrogens with one attached hydrogen (secondary N) is 1. The fraction of sp³-hybridized carbons (Fsp3) is 0.333. The second-order valence-electron chi connectivity index (χ2n) is 3.74. The molecule has 0 spiro atoms. The zero-order valence-corrected chi connectivity index (χ0v) is 14.4. The maximum atomic E-state index is 3.60. The largest absolute Gasteiger partial charge is 0.305 e. The summed E-state index contributed by atoms with van der Waals surface area (Å²) in [5.41, 5.74) is 1.31. The van der Waals surface area contributed by atoms with E-state index in [0.717, 1.165) is 6.54 Å². The van der Waals surface area contributed by atoms with Crippen molar-refractivity contribution in [3.05, 3.63) is 41.1 Å². The van der Waals surface area contributed by atoms with Gasteiger partial charge in [0.25, 0.3) is 0 Å². The van der Waals surface area contributed by atoms with Crippen LogP contribution in [0, 0.1) is 6.92 Å². The first-order chi connectivity index (χ1) is 8.11. The van der Waals surface area contributed by atoms with Crippen LogP contribution in [0.25, 0.3) is 0 Å². The summed E-state index contributed by atoms with van der Waals surface area (Å²) < 4.78 is 2.41. The Hall–Kier alpha value is 0.320. The van der Waals surface area contributed by atoms with Crippen LogP contribution in [0.3, 0.4) is 0 Å². The van der Waals surface area contributed by atoms with Crippen LogP contribution in [0.1, 0.15) is 28.3 Å². The summed E-state index contributed by atoms with van der Waals surface area (Å²) in [4.78, 5) is 2.72. The number of aryl methyl sites for hydroxylation is 1. The molecule has 0 amide bonds. The topological polar surface area (TPSA) is 12.0 Å². The number of halogens is 2. The summed E-state index contributed by atoms with van der Waals surface area (Å²) in [6.07, 6.45) is 0. The molecule has 0 aliphatic carbocycles. The van der Waals surface area contributed by atoms with Gasteiger partial charge in [-0.05, 0) is 69.1 Å². The van der Waals surface area contributed by atoms with Gasteiger partial charge in [0.15, 0.2) is 0 Å². The van der Waals surface area contributed by atoms with Crippen LogP contribution in [0.15, 0.2) is 25.8 Å². The highest BCUT2D eigenvalue weighted by Crippen LogP contribution is 2.37. The molecule has 0 fully saturated rings. The van der Waals surface area contributed by atoms with Gasteiger partial charge < -0.3 is 5.32 Å². The zero-order valence-electron chi connectivity index (χ0n) is 9.59. The van der Waals surface area contributed by atoms with Crippen molar-refractivity contribution in [1.29, 1.82) is 0 Å². The maximum absolute atomic E-state index is 3.60. The second kappa shape index (κ2) is 5.97. The summed E-state index contributed by atoms with van der Waals surface area (Å²) in [5.74, 6) is 0. The first-order valence-electron chi connectivity index (χ1n) is 5.36. The minimum atomic E-state index is 0.311. The number of thiophene rings is 2. The van der Waals surface area contributed by atoms with E-state index in [-0.39, 0.29) is 0 Å². The highest BCUT2D eigenvalue weighted by molar-refractivity contribution is 9.11. The molecule has 17 heavy (non-hydrogen) atoms. The molecule has 0 saturated heterocycles. The zero-order chi connectivity index (χ0) is 12.4. The predicted molar refractivity (Wildman–Crippen MR) is 84.3 cm³/mol. The molecule has 1 N–H and O–H groups in total. The van der Waals surface area contributed by atoms with Crippen molar-refractivity contribution in [3.63, 3.8) is 0 Å². The van der Waals surface area contributed by atoms with E-state index in [9.17, 15) is 0 Å². The third-order valence-electron chi connectivity index (χ3n) is 2.45. The lowest BCUT2D eigenvalue weighted by Crippen LogP contribution is -2.20. The Balaban J connectivity index is 2.34. The first kappa shape index (κ1) is 13.7. The molecular formula is C12H13Br2NS2. The minimum absolute atomic E-state index is 0.311. The SMILES string of the molecule is CCNC(c1ccc(Br)s1)c1cc(C)c(Br)s1. The molecule has 2 aromatic rings. The normalized spacial score (nSPS) is 12.9. The fourth-order valence-corrected chi connectivity index (χ4v) is 4.91. The van der Waals surface area contributed by atoms with Gasteiger partial charge in [-0.3, -0.25) is 0 Å². The molecule has 0 aliphatic rings. The van der Waals surface area contributed by atoms with Crippen LogP contribution in [0.4, 0.5) is 0 Å². The fourth-order valence-electron chi connectivity index (χ4n) is 1.65. The molecule has 1 unspecified atom stereocenters. The molecule has 0 aliphatic heterocycles. The molecule has 2 aromatic heterocycles. The summed E-state index contributed by atoms with van der Waals surface area (Å²) >= 11 is 10.7. The molecular weight excluding hydrogens is 382 g/mol. The van der Waals surface area contributed by atoms with Crippen molar-refractivity contribution in [2.45, 2.75) is 19.9 Å². The summed E-state index contributed by atoms with van der Waals surface area (Å²) in [6, 6.07) is 6.87. The number of rotatable bonds is 4. The van der Waals surface area contributed by atoms with Gasteiger partial charge in [0.2, 0.25) is 0 Å². The average molecular weight is 395 g/mol. The van der Waals surface area contributed by atoms with Gasteiger partial charge in [0.1, 0.15) is 0 Å². The Morgan fingerprint density at radius 3 is 2.47 bits per heavy atom. The van der Waals surface area contributed by atoms with E-state index in [1.54, 1.807) is 11.3 Å². The maximum Gasteiger partial charge on any atom is 0.0765 e. The van der Waals surface area contributed by atoms with Gasteiger partial charge in [-0.2, -0.15) is 0 Å². The van der Waals surface area contributed by atoms with E-state index in [1.165, 1.54) is 22.9 Å². The highest BCUT2D eigenvalue weighted by Gasteiger charge is 2.18. The van der Waals surface area contributed by atoms with Crippen molar-refractivity contribution in [1.82, 2.24) is 5.32 Å². The second-order valence-corrected chi connectivity index (χ2v) is 8.63. The molecule has 0 aromatic carbocycles. The molecule has 5 heteroatoms. The van der Waals surface area contributed by atoms with E-state index < -0.39 is 0 Å². The lowest BCUT2D eigenvalue weighted by molar-refractivity contribution is 0.648. The van der Waals surface area contributed by atoms with Crippen molar-refractivity contribution in [2.24, 2.45) is 0 Å². The quantitative estimate of drug-likeness (QED) is 0.737.